The van der Waals surface area contributed by atoms with E-state index in [1.807, 2.05) is 0 Å². The first-order valence-electron chi connectivity index (χ1n) is 12.0. The number of phenols is 1. The molecule has 1 amide bonds. The Hall–Kier alpha value is -2.75. The Balaban J connectivity index is 1.57. The third kappa shape index (κ3) is 3.45. The Kier molecular flexibility index (Phi) is 5.74. The second-order valence-electron chi connectivity index (χ2n) is 10.0. The van der Waals surface area contributed by atoms with Gasteiger partial charge in [0, 0.05) is 23.8 Å². The summed E-state index contributed by atoms with van der Waals surface area (Å²) < 4.78 is 0. The lowest BCUT2D eigenvalue weighted by Crippen LogP contribution is -2.58. The summed E-state index contributed by atoms with van der Waals surface area (Å²) >= 11 is 0. The van der Waals surface area contributed by atoms with E-state index in [1.165, 1.54) is 6.07 Å². The number of piperidine rings is 1. The zero-order chi connectivity index (χ0) is 24.2. The monoisotopic (exact) mass is 470 g/mol. The molecular formula is C25H30N2O7. The van der Waals surface area contributed by atoms with Crippen LogP contribution < -0.4 is 5.32 Å². The quantitative estimate of drug-likeness (QED) is 0.442. The van der Waals surface area contributed by atoms with Gasteiger partial charge in [0.25, 0.3) is 0 Å². The normalized spacial score (nSPS) is 33.7. The molecule has 0 radical (unpaired) electrons. The summed E-state index contributed by atoms with van der Waals surface area (Å²) in [6, 6.07) is 4.52. The number of Topliss-reactive ketones (excluding diaryl/α,β-unsaturated/α-hetero) is 2. The number of allylic oxidation sites excluding steroid dienone is 1. The van der Waals surface area contributed by atoms with Gasteiger partial charge in [-0.25, -0.2) is 0 Å². The summed E-state index contributed by atoms with van der Waals surface area (Å²) in [6.07, 6.45) is 2.13. The molecule has 0 spiro atoms. The lowest BCUT2D eigenvalue weighted by Gasteiger charge is -2.48. The van der Waals surface area contributed by atoms with Crippen molar-refractivity contribution in [2.24, 2.45) is 11.8 Å². The van der Waals surface area contributed by atoms with E-state index < -0.39 is 46.8 Å². The van der Waals surface area contributed by atoms with Crippen molar-refractivity contribution in [2.45, 2.75) is 56.1 Å². The molecule has 3 aliphatic carbocycles. The molecule has 1 saturated heterocycles. The lowest BCUT2D eigenvalue weighted by molar-refractivity contribution is -0.155. The first kappa shape index (κ1) is 23.0. The minimum Gasteiger partial charge on any atom is -0.508 e. The van der Waals surface area contributed by atoms with Crippen molar-refractivity contribution in [1.82, 2.24) is 10.2 Å². The van der Waals surface area contributed by atoms with Crippen LogP contribution in [0, 0.1) is 11.8 Å². The smallest absolute Gasteiger partial charge is 0.229 e. The molecule has 5 atom stereocenters. The molecule has 1 aromatic rings. The number of aliphatic hydroxyl groups is 3. The van der Waals surface area contributed by atoms with Crippen molar-refractivity contribution >= 4 is 17.5 Å². The van der Waals surface area contributed by atoms with E-state index in [2.05, 4.69) is 10.2 Å². The van der Waals surface area contributed by atoms with Crippen LogP contribution in [0.5, 0.6) is 5.75 Å². The van der Waals surface area contributed by atoms with Gasteiger partial charge < -0.3 is 25.7 Å². The van der Waals surface area contributed by atoms with E-state index in [9.17, 15) is 34.8 Å². The van der Waals surface area contributed by atoms with E-state index in [4.69, 9.17) is 0 Å². The maximum absolute atomic E-state index is 13.5. The molecule has 0 aromatic heterocycles. The van der Waals surface area contributed by atoms with Crippen LogP contribution in [0.15, 0.2) is 29.5 Å². The highest BCUT2D eigenvalue weighted by Crippen LogP contribution is 2.54. The molecule has 1 aliphatic heterocycles. The fraction of sp³-hybridized carbons (Fsp3) is 0.560. The van der Waals surface area contributed by atoms with Gasteiger partial charge >= 0.3 is 0 Å². The van der Waals surface area contributed by atoms with Crippen LogP contribution in [0.2, 0.25) is 0 Å². The lowest BCUT2D eigenvalue weighted by atomic mass is 9.57. The standard InChI is InChI=1S/C25H30N2O7/c28-14-9-13-10-16-19(24(33)26-12-27-7-2-1-3-8-27)15-5-4-6-17(29)20(15)22(31)21(16)23(32)25(13,34)18(30)11-14/h4-6,13-14,16,19,28-29,32,34H,1-3,7-12H2,(H,26,33). The Morgan fingerprint density at radius 3 is 2.59 bits per heavy atom. The highest BCUT2D eigenvalue weighted by atomic mass is 16.3. The summed E-state index contributed by atoms with van der Waals surface area (Å²) in [7, 11) is 0. The molecule has 0 bridgehead atoms. The predicted molar refractivity (Wildman–Crippen MR) is 120 cm³/mol. The number of hydrogen-bond acceptors (Lipinski definition) is 8. The molecule has 182 valence electrons. The second kappa shape index (κ2) is 8.48. The number of benzene rings is 1. The van der Waals surface area contributed by atoms with Crippen LogP contribution in [0.25, 0.3) is 0 Å². The Morgan fingerprint density at radius 1 is 1.12 bits per heavy atom. The number of carbonyl (C=O) groups is 3. The number of ketones is 2. The Labute approximate surface area is 197 Å². The van der Waals surface area contributed by atoms with Crippen molar-refractivity contribution in [3.63, 3.8) is 0 Å². The molecule has 1 aromatic carbocycles. The zero-order valence-electron chi connectivity index (χ0n) is 18.9. The summed E-state index contributed by atoms with van der Waals surface area (Å²) in [5.41, 5.74) is -2.22. The molecule has 5 unspecified atom stereocenters. The van der Waals surface area contributed by atoms with Crippen molar-refractivity contribution in [3.05, 3.63) is 40.7 Å². The number of aliphatic hydroxyl groups excluding tert-OH is 2. The average Bonchev–Trinajstić information content (AvgIpc) is 2.80. The Morgan fingerprint density at radius 2 is 1.85 bits per heavy atom. The molecular weight excluding hydrogens is 440 g/mol. The molecule has 34 heavy (non-hydrogen) atoms. The van der Waals surface area contributed by atoms with E-state index in [0.29, 0.717) is 12.2 Å². The fourth-order valence-electron chi connectivity index (χ4n) is 6.31. The van der Waals surface area contributed by atoms with Gasteiger partial charge in [-0.1, -0.05) is 18.6 Å². The van der Waals surface area contributed by atoms with Crippen molar-refractivity contribution < 1.29 is 34.8 Å². The number of rotatable bonds is 3. The number of nitrogens with one attached hydrogen (secondary N) is 1. The number of likely N-dealkylation sites (tertiary alicyclic amines) is 1. The third-order valence-corrected chi connectivity index (χ3v) is 8.01. The van der Waals surface area contributed by atoms with Gasteiger partial charge in [-0.2, -0.15) is 0 Å². The maximum atomic E-state index is 13.5. The van der Waals surface area contributed by atoms with Crippen LogP contribution in [0.1, 0.15) is 60.4 Å². The molecule has 9 nitrogen and oxygen atoms in total. The first-order chi connectivity index (χ1) is 16.2. The van der Waals surface area contributed by atoms with E-state index in [1.54, 1.807) is 12.1 Å². The first-order valence-corrected chi connectivity index (χ1v) is 12.0. The van der Waals surface area contributed by atoms with Crippen LogP contribution >= 0.6 is 0 Å². The van der Waals surface area contributed by atoms with Crippen molar-refractivity contribution in [3.8, 4) is 5.75 Å². The largest absolute Gasteiger partial charge is 0.508 e. The molecule has 5 rings (SSSR count). The molecule has 9 heteroatoms. The SMILES string of the molecule is O=C1C2=C(O)C3(O)C(=O)CC(O)CC3CC2C(C(=O)NCN2CCCCC2)c2cccc(O)c21. The molecule has 4 aliphatic rings. The number of aromatic hydroxyl groups is 1. The van der Waals surface area contributed by atoms with Crippen LogP contribution in [-0.4, -0.2) is 74.3 Å². The molecule has 1 saturated carbocycles. The maximum Gasteiger partial charge on any atom is 0.229 e. The average molecular weight is 471 g/mol. The highest BCUT2D eigenvalue weighted by molar-refractivity contribution is 6.16. The van der Waals surface area contributed by atoms with Gasteiger partial charge in [0.15, 0.2) is 17.2 Å². The summed E-state index contributed by atoms with van der Waals surface area (Å²) in [4.78, 5) is 41.8. The second-order valence-corrected chi connectivity index (χ2v) is 10.0. The zero-order valence-corrected chi connectivity index (χ0v) is 18.9. The molecule has 2 fully saturated rings. The number of nitrogens with zero attached hydrogens (tertiary/aromatic N) is 1. The van der Waals surface area contributed by atoms with Gasteiger partial charge in [0.1, 0.15) is 11.5 Å². The number of carbonyl (C=O) groups excluding carboxylic acids is 3. The van der Waals surface area contributed by atoms with Gasteiger partial charge in [-0.3, -0.25) is 19.3 Å². The fourth-order valence-corrected chi connectivity index (χ4v) is 6.31. The predicted octanol–water partition coefficient (Wildman–Crippen LogP) is 1.13. The van der Waals surface area contributed by atoms with Crippen LogP contribution in [0.3, 0.4) is 0 Å². The number of hydrogen-bond donors (Lipinski definition) is 5. The number of phenolic OH excluding ortho intramolecular Hbond substituents is 1. The minimum absolute atomic E-state index is 0.0687. The van der Waals surface area contributed by atoms with Gasteiger partial charge in [0.05, 0.1) is 24.3 Å². The summed E-state index contributed by atoms with van der Waals surface area (Å²) in [5.74, 6) is -5.40. The van der Waals surface area contributed by atoms with Crippen LogP contribution in [-0.2, 0) is 9.59 Å². The van der Waals surface area contributed by atoms with Crippen molar-refractivity contribution in [1.29, 1.82) is 0 Å². The van der Waals surface area contributed by atoms with E-state index >= 15 is 0 Å². The number of fused-ring (bicyclic) bond motifs is 3. The summed E-state index contributed by atoms with van der Waals surface area (Å²) in [6.45, 7) is 2.11. The van der Waals surface area contributed by atoms with Gasteiger partial charge in [-0.05, 0) is 50.4 Å². The topological polar surface area (TPSA) is 147 Å². The third-order valence-electron chi connectivity index (χ3n) is 8.01. The molecule has 5 N–H and O–H groups in total. The van der Waals surface area contributed by atoms with E-state index in [-0.39, 0.29) is 42.1 Å². The van der Waals surface area contributed by atoms with E-state index in [0.717, 1.165) is 32.4 Å². The molecule has 1 heterocycles. The highest BCUT2D eigenvalue weighted by Gasteiger charge is 2.60. The minimum atomic E-state index is -2.28. The summed E-state index contributed by atoms with van der Waals surface area (Å²) in [5, 5.41) is 45.9. The van der Waals surface area contributed by atoms with Gasteiger partial charge in [0.2, 0.25) is 5.91 Å². The van der Waals surface area contributed by atoms with Gasteiger partial charge in [-0.15, -0.1) is 0 Å². The Bertz CT molecular complexity index is 1080. The van der Waals surface area contributed by atoms with Crippen LogP contribution in [0.4, 0.5) is 0 Å². The number of amides is 1. The van der Waals surface area contributed by atoms with Crippen molar-refractivity contribution in [2.75, 3.05) is 19.8 Å².